The molecule has 0 atom stereocenters. The van der Waals surface area contributed by atoms with Crippen LogP contribution in [-0.2, 0) is 0 Å². The van der Waals surface area contributed by atoms with E-state index in [2.05, 4.69) is 15.9 Å². The minimum Gasteiger partial charge on any atom is -0.268 e. The van der Waals surface area contributed by atoms with Crippen LogP contribution in [0.25, 0.3) is 28.7 Å². The van der Waals surface area contributed by atoms with Crippen LogP contribution in [0.15, 0.2) is 82.1 Å². The molecule has 1 aromatic heterocycles. The molecule has 0 radical (unpaired) electrons. The van der Waals surface area contributed by atoms with Crippen LogP contribution >= 0.6 is 15.9 Å². The molecule has 4 rings (SSSR count). The summed E-state index contributed by atoms with van der Waals surface area (Å²) in [4.78, 5) is 17.9. The molecule has 0 unspecified atom stereocenters. The molecule has 0 aliphatic heterocycles. The minimum atomic E-state index is -0.0710. The molecule has 0 aliphatic carbocycles. The van der Waals surface area contributed by atoms with Gasteiger partial charge in [0.2, 0.25) is 0 Å². The quantitative estimate of drug-likeness (QED) is 0.433. The Morgan fingerprint density at radius 3 is 2.48 bits per heavy atom. The Morgan fingerprint density at radius 1 is 0.926 bits per heavy atom. The average Bonchev–Trinajstić information content (AvgIpc) is 2.68. The van der Waals surface area contributed by atoms with Crippen LogP contribution in [0.1, 0.15) is 17.0 Å². The second-order valence-electron chi connectivity index (χ2n) is 6.35. The number of hydrogen-bond acceptors (Lipinski definition) is 2. The number of aryl methyl sites for hydroxylation is 1. The van der Waals surface area contributed by atoms with Crippen molar-refractivity contribution in [3.05, 3.63) is 105 Å². The smallest absolute Gasteiger partial charge is 0.266 e. The topological polar surface area (TPSA) is 34.9 Å². The number of rotatable bonds is 3. The summed E-state index contributed by atoms with van der Waals surface area (Å²) in [6.45, 7) is 2.03. The van der Waals surface area contributed by atoms with Gasteiger partial charge in [0, 0.05) is 4.47 Å². The first-order chi connectivity index (χ1) is 13.1. The average molecular weight is 417 g/mol. The molecule has 0 N–H and O–H groups in total. The first-order valence-corrected chi connectivity index (χ1v) is 9.43. The molecule has 0 saturated heterocycles. The highest BCUT2D eigenvalue weighted by Gasteiger charge is 2.10. The fraction of sp³-hybridized carbons (Fsp3) is 0.0435. The Bertz CT molecular complexity index is 1210. The fourth-order valence-corrected chi connectivity index (χ4v) is 3.40. The molecule has 3 nitrogen and oxygen atoms in total. The number of nitrogens with zero attached hydrogens (tertiary/aromatic N) is 2. The largest absolute Gasteiger partial charge is 0.268 e. The summed E-state index contributed by atoms with van der Waals surface area (Å²) in [6, 6.07) is 23.3. The van der Waals surface area contributed by atoms with E-state index in [4.69, 9.17) is 4.98 Å². The van der Waals surface area contributed by atoms with Crippen LogP contribution in [0.4, 0.5) is 0 Å². The van der Waals surface area contributed by atoms with Gasteiger partial charge in [-0.3, -0.25) is 9.36 Å². The summed E-state index contributed by atoms with van der Waals surface area (Å²) in [6.07, 6.45) is 3.85. The van der Waals surface area contributed by atoms with Gasteiger partial charge < -0.3 is 0 Å². The van der Waals surface area contributed by atoms with E-state index in [0.717, 1.165) is 21.3 Å². The summed E-state index contributed by atoms with van der Waals surface area (Å²) < 4.78 is 2.67. The molecule has 132 valence electrons. The van der Waals surface area contributed by atoms with Crippen molar-refractivity contribution in [2.24, 2.45) is 0 Å². The predicted octanol–water partition coefficient (Wildman–Crippen LogP) is 5.63. The van der Waals surface area contributed by atoms with Gasteiger partial charge in [0.15, 0.2) is 0 Å². The zero-order chi connectivity index (χ0) is 18.8. The van der Waals surface area contributed by atoms with Crippen LogP contribution in [-0.4, -0.2) is 9.55 Å². The molecule has 0 bridgehead atoms. The zero-order valence-corrected chi connectivity index (χ0v) is 16.3. The molecule has 0 saturated carbocycles. The first kappa shape index (κ1) is 17.4. The number of fused-ring (bicyclic) bond motifs is 1. The minimum absolute atomic E-state index is 0.0710. The highest BCUT2D eigenvalue weighted by Crippen LogP contribution is 2.17. The lowest BCUT2D eigenvalue weighted by molar-refractivity contribution is 0.943. The van der Waals surface area contributed by atoms with Gasteiger partial charge in [-0.15, -0.1) is 0 Å². The van der Waals surface area contributed by atoms with E-state index in [0.29, 0.717) is 16.7 Å². The summed E-state index contributed by atoms with van der Waals surface area (Å²) in [5.74, 6) is 0.600. The third kappa shape index (κ3) is 3.62. The molecule has 0 aliphatic rings. The monoisotopic (exact) mass is 416 g/mol. The summed E-state index contributed by atoms with van der Waals surface area (Å²) in [7, 11) is 0. The van der Waals surface area contributed by atoms with Crippen LogP contribution in [0.3, 0.4) is 0 Å². The van der Waals surface area contributed by atoms with Crippen molar-refractivity contribution in [2.45, 2.75) is 6.92 Å². The Morgan fingerprint density at radius 2 is 1.70 bits per heavy atom. The Hall–Kier alpha value is -2.98. The van der Waals surface area contributed by atoms with Gasteiger partial charge >= 0.3 is 0 Å². The van der Waals surface area contributed by atoms with Crippen LogP contribution in [0.2, 0.25) is 0 Å². The molecule has 0 amide bonds. The Balaban J connectivity index is 1.93. The van der Waals surface area contributed by atoms with Gasteiger partial charge in [-0.05, 0) is 55.0 Å². The standard InChI is InChI=1S/C23H17BrN2O/c1-16-9-12-19(13-10-16)26-22(14-11-17-5-4-6-18(24)15-17)25-21-8-3-2-7-20(21)23(26)27/h2-15H,1H3. The van der Waals surface area contributed by atoms with Gasteiger partial charge in [0.25, 0.3) is 5.56 Å². The molecule has 0 fully saturated rings. The van der Waals surface area contributed by atoms with Crippen molar-refractivity contribution in [2.75, 3.05) is 0 Å². The van der Waals surface area contributed by atoms with Gasteiger partial charge in [0.1, 0.15) is 5.82 Å². The second-order valence-corrected chi connectivity index (χ2v) is 7.27. The maximum Gasteiger partial charge on any atom is 0.266 e. The number of benzene rings is 3. The molecule has 0 spiro atoms. The molecule has 4 aromatic rings. The summed E-state index contributed by atoms with van der Waals surface area (Å²) >= 11 is 3.49. The van der Waals surface area contributed by atoms with Crippen molar-refractivity contribution >= 4 is 39.0 Å². The molecular formula is C23H17BrN2O. The highest BCUT2D eigenvalue weighted by molar-refractivity contribution is 9.10. The van der Waals surface area contributed by atoms with Gasteiger partial charge in [0.05, 0.1) is 16.6 Å². The normalized spacial score (nSPS) is 11.3. The van der Waals surface area contributed by atoms with Crippen molar-refractivity contribution in [3.8, 4) is 5.69 Å². The lowest BCUT2D eigenvalue weighted by atomic mass is 10.2. The van der Waals surface area contributed by atoms with Gasteiger partial charge in [-0.1, -0.05) is 64.0 Å². The molecule has 3 aromatic carbocycles. The highest BCUT2D eigenvalue weighted by atomic mass is 79.9. The summed E-state index contributed by atoms with van der Waals surface area (Å²) in [5.41, 5.74) is 3.60. The van der Waals surface area contributed by atoms with E-state index in [1.54, 1.807) is 4.57 Å². The third-order valence-electron chi connectivity index (χ3n) is 4.37. The van der Waals surface area contributed by atoms with Gasteiger partial charge in [-0.25, -0.2) is 4.98 Å². The zero-order valence-electron chi connectivity index (χ0n) is 14.8. The lowest BCUT2D eigenvalue weighted by Crippen LogP contribution is -2.22. The van der Waals surface area contributed by atoms with E-state index in [-0.39, 0.29) is 5.56 Å². The predicted molar refractivity (Wildman–Crippen MR) is 115 cm³/mol. The van der Waals surface area contributed by atoms with Crippen molar-refractivity contribution < 1.29 is 0 Å². The van der Waals surface area contributed by atoms with E-state index < -0.39 is 0 Å². The van der Waals surface area contributed by atoms with Crippen LogP contribution in [0.5, 0.6) is 0 Å². The van der Waals surface area contributed by atoms with Crippen molar-refractivity contribution in [1.82, 2.24) is 9.55 Å². The van der Waals surface area contributed by atoms with E-state index in [1.807, 2.05) is 91.9 Å². The van der Waals surface area contributed by atoms with E-state index in [1.165, 1.54) is 0 Å². The lowest BCUT2D eigenvalue weighted by Gasteiger charge is -2.11. The van der Waals surface area contributed by atoms with Crippen LogP contribution in [0, 0.1) is 6.92 Å². The Kier molecular flexibility index (Phi) is 4.73. The maximum atomic E-state index is 13.2. The SMILES string of the molecule is Cc1ccc(-n2c(C=Cc3cccc(Br)c3)nc3ccccc3c2=O)cc1. The van der Waals surface area contributed by atoms with E-state index >= 15 is 0 Å². The molecule has 27 heavy (non-hydrogen) atoms. The Labute approximate surface area is 165 Å². The summed E-state index contributed by atoms with van der Waals surface area (Å²) in [5, 5.41) is 0.609. The number of para-hydroxylation sites is 1. The third-order valence-corrected chi connectivity index (χ3v) is 4.86. The fourth-order valence-electron chi connectivity index (χ4n) is 2.99. The molecule has 4 heteroatoms. The first-order valence-electron chi connectivity index (χ1n) is 8.64. The van der Waals surface area contributed by atoms with Crippen molar-refractivity contribution in [1.29, 1.82) is 0 Å². The van der Waals surface area contributed by atoms with Crippen LogP contribution < -0.4 is 5.56 Å². The molecule has 1 heterocycles. The van der Waals surface area contributed by atoms with Gasteiger partial charge in [-0.2, -0.15) is 0 Å². The maximum absolute atomic E-state index is 13.2. The number of hydrogen-bond donors (Lipinski definition) is 0. The molecular weight excluding hydrogens is 400 g/mol. The van der Waals surface area contributed by atoms with E-state index in [9.17, 15) is 4.79 Å². The van der Waals surface area contributed by atoms with Crippen molar-refractivity contribution in [3.63, 3.8) is 0 Å². The number of aromatic nitrogens is 2. The second kappa shape index (κ2) is 7.33. The number of halogens is 1.